The van der Waals surface area contributed by atoms with Gasteiger partial charge in [-0.25, -0.2) is 0 Å². The molecule has 0 atom stereocenters. The number of anilines is 1. The number of Topliss-reactive ketones (excluding diaryl/α,β-unsaturated/α-hetero) is 1. The predicted molar refractivity (Wildman–Crippen MR) is 93.9 cm³/mol. The Morgan fingerprint density at radius 3 is 2.25 bits per heavy atom. The highest BCUT2D eigenvalue weighted by Gasteiger charge is 2.36. The van der Waals surface area contributed by atoms with E-state index in [1.807, 2.05) is 51.1 Å². The van der Waals surface area contributed by atoms with E-state index >= 15 is 0 Å². The molecule has 0 saturated heterocycles. The van der Waals surface area contributed by atoms with Crippen LogP contribution in [0.5, 0.6) is 5.75 Å². The van der Waals surface area contributed by atoms with Crippen LogP contribution in [-0.2, 0) is 4.79 Å². The molecule has 1 aliphatic heterocycles. The van der Waals surface area contributed by atoms with Crippen molar-refractivity contribution < 1.29 is 14.3 Å². The number of rotatable bonds is 5. The van der Waals surface area contributed by atoms with Gasteiger partial charge in [0.1, 0.15) is 5.75 Å². The molecule has 4 heteroatoms. The standard InChI is InChI=1S/C20H21NO3/c1-13-7-5-10-16-17(13)21(20(23)18(16)22)11-6-12-24-19-14(2)8-4-9-15(19)3/h4-5,7-10H,6,11-12H2,1-3H3. The van der Waals surface area contributed by atoms with Crippen LogP contribution in [-0.4, -0.2) is 24.8 Å². The number of carbonyl (C=O) groups excluding carboxylic acids is 2. The van der Waals surface area contributed by atoms with Crippen LogP contribution in [0.15, 0.2) is 36.4 Å². The van der Waals surface area contributed by atoms with Gasteiger partial charge in [0, 0.05) is 6.54 Å². The molecule has 0 unspecified atom stereocenters. The molecule has 3 rings (SSSR count). The lowest BCUT2D eigenvalue weighted by Crippen LogP contribution is -2.31. The molecule has 24 heavy (non-hydrogen) atoms. The van der Waals surface area contributed by atoms with Crippen molar-refractivity contribution in [2.75, 3.05) is 18.1 Å². The SMILES string of the molecule is Cc1cccc(C)c1OCCCN1C(=O)C(=O)c2cccc(C)c21. The molecule has 4 nitrogen and oxygen atoms in total. The van der Waals surface area contributed by atoms with Crippen LogP contribution in [0.4, 0.5) is 5.69 Å². The Morgan fingerprint density at radius 2 is 1.54 bits per heavy atom. The summed E-state index contributed by atoms with van der Waals surface area (Å²) in [5, 5.41) is 0. The Morgan fingerprint density at radius 1 is 0.917 bits per heavy atom. The first-order valence-corrected chi connectivity index (χ1v) is 8.15. The Balaban J connectivity index is 1.66. The fourth-order valence-corrected chi connectivity index (χ4v) is 3.18. The summed E-state index contributed by atoms with van der Waals surface area (Å²) in [6.07, 6.45) is 0.667. The average Bonchev–Trinajstić information content (AvgIpc) is 2.80. The van der Waals surface area contributed by atoms with Gasteiger partial charge in [-0.3, -0.25) is 9.59 Å². The lowest BCUT2D eigenvalue weighted by molar-refractivity contribution is -0.114. The molecule has 0 spiro atoms. The van der Waals surface area contributed by atoms with Gasteiger partial charge in [-0.05, 0) is 49.9 Å². The quantitative estimate of drug-likeness (QED) is 0.624. The van der Waals surface area contributed by atoms with Gasteiger partial charge in [-0.1, -0.05) is 30.3 Å². The third-order valence-electron chi connectivity index (χ3n) is 4.37. The minimum absolute atomic E-state index is 0.413. The number of hydrogen-bond donors (Lipinski definition) is 0. The van der Waals surface area contributed by atoms with Gasteiger partial charge < -0.3 is 9.64 Å². The Kier molecular flexibility index (Phi) is 4.38. The summed E-state index contributed by atoms with van der Waals surface area (Å²) in [6, 6.07) is 11.5. The van der Waals surface area contributed by atoms with Crippen molar-refractivity contribution in [3.8, 4) is 5.75 Å². The lowest BCUT2D eigenvalue weighted by Gasteiger charge is -2.19. The largest absolute Gasteiger partial charge is 0.493 e. The van der Waals surface area contributed by atoms with Crippen molar-refractivity contribution >= 4 is 17.4 Å². The lowest BCUT2D eigenvalue weighted by atomic mass is 10.1. The highest BCUT2D eigenvalue weighted by atomic mass is 16.5. The second-order valence-corrected chi connectivity index (χ2v) is 6.18. The van der Waals surface area contributed by atoms with Gasteiger partial charge in [0.05, 0.1) is 17.9 Å². The van der Waals surface area contributed by atoms with E-state index in [0.717, 1.165) is 28.1 Å². The van der Waals surface area contributed by atoms with Crippen LogP contribution in [0, 0.1) is 20.8 Å². The average molecular weight is 323 g/mol. The Bertz CT molecular complexity index is 790. The highest BCUT2D eigenvalue weighted by molar-refractivity contribution is 6.52. The topological polar surface area (TPSA) is 46.6 Å². The minimum Gasteiger partial charge on any atom is -0.493 e. The molecule has 0 fully saturated rings. The first-order chi connectivity index (χ1) is 11.5. The first kappa shape index (κ1) is 16.2. The molecule has 0 aromatic heterocycles. The molecular weight excluding hydrogens is 302 g/mol. The highest BCUT2D eigenvalue weighted by Crippen LogP contribution is 2.32. The molecular formula is C20H21NO3. The fourth-order valence-electron chi connectivity index (χ4n) is 3.18. The predicted octanol–water partition coefficient (Wildman–Crippen LogP) is 3.61. The Hall–Kier alpha value is -2.62. The summed E-state index contributed by atoms with van der Waals surface area (Å²) in [4.78, 5) is 25.9. The number of amides is 1. The fraction of sp³-hybridized carbons (Fsp3) is 0.300. The normalized spacial score (nSPS) is 13.4. The molecule has 124 valence electrons. The van der Waals surface area contributed by atoms with Crippen molar-refractivity contribution in [1.29, 1.82) is 0 Å². The number of hydrogen-bond acceptors (Lipinski definition) is 3. The van der Waals surface area contributed by atoms with E-state index in [2.05, 4.69) is 0 Å². The Labute approximate surface area is 142 Å². The molecule has 1 amide bonds. The molecule has 2 aromatic carbocycles. The summed E-state index contributed by atoms with van der Waals surface area (Å²) in [7, 11) is 0. The second kappa shape index (κ2) is 6.48. The van der Waals surface area contributed by atoms with E-state index in [4.69, 9.17) is 4.74 Å². The van der Waals surface area contributed by atoms with Crippen LogP contribution < -0.4 is 9.64 Å². The molecule has 0 N–H and O–H groups in total. The van der Waals surface area contributed by atoms with Gasteiger partial charge in [0.25, 0.3) is 11.7 Å². The second-order valence-electron chi connectivity index (χ2n) is 6.18. The maximum Gasteiger partial charge on any atom is 0.299 e. The van der Waals surface area contributed by atoms with Crippen LogP contribution in [0.1, 0.15) is 33.5 Å². The number of nitrogens with zero attached hydrogens (tertiary/aromatic N) is 1. The molecule has 0 saturated carbocycles. The van der Waals surface area contributed by atoms with Gasteiger partial charge in [0.15, 0.2) is 0 Å². The summed E-state index contributed by atoms with van der Waals surface area (Å²) in [5.41, 5.74) is 4.41. The number of aryl methyl sites for hydroxylation is 3. The summed E-state index contributed by atoms with van der Waals surface area (Å²) in [6.45, 7) is 6.94. The number of fused-ring (bicyclic) bond motifs is 1. The zero-order valence-corrected chi connectivity index (χ0v) is 14.3. The molecule has 0 bridgehead atoms. The van der Waals surface area contributed by atoms with Crippen LogP contribution in [0.3, 0.4) is 0 Å². The van der Waals surface area contributed by atoms with Crippen LogP contribution in [0.25, 0.3) is 0 Å². The number of ketones is 1. The van der Waals surface area contributed by atoms with Gasteiger partial charge >= 0.3 is 0 Å². The zero-order valence-electron chi connectivity index (χ0n) is 14.3. The van der Waals surface area contributed by atoms with Crippen molar-refractivity contribution in [2.24, 2.45) is 0 Å². The summed E-state index contributed by atoms with van der Waals surface area (Å²) in [5.74, 6) is 0.0497. The van der Waals surface area contributed by atoms with Gasteiger partial charge in [-0.15, -0.1) is 0 Å². The number of ether oxygens (including phenoxy) is 1. The van der Waals surface area contributed by atoms with Crippen molar-refractivity contribution in [3.05, 3.63) is 58.7 Å². The van der Waals surface area contributed by atoms with Crippen LogP contribution >= 0.6 is 0 Å². The smallest absolute Gasteiger partial charge is 0.299 e. The number of carbonyl (C=O) groups is 2. The third kappa shape index (κ3) is 2.80. The van der Waals surface area contributed by atoms with E-state index < -0.39 is 11.7 Å². The molecule has 0 aliphatic carbocycles. The molecule has 1 heterocycles. The van der Waals surface area contributed by atoms with E-state index in [1.54, 1.807) is 11.0 Å². The molecule has 1 aliphatic rings. The van der Waals surface area contributed by atoms with E-state index in [-0.39, 0.29) is 0 Å². The van der Waals surface area contributed by atoms with Gasteiger partial charge in [0.2, 0.25) is 0 Å². The summed E-state index contributed by atoms with van der Waals surface area (Å²) < 4.78 is 5.88. The number of benzene rings is 2. The van der Waals surface area contributed by atoms with E-state index in [0.29, 0.717) is 25.1 Å². The minimum atomic E-state index is -0.439. The maximum atomic E-state index is 12.2. The monoisotopic (exact) mass is 323 g/mol. The number of para-hydroxylation sites is 2. The van der Waals surface area contributed by atoms with Crippen LogP contribution in [0.2, 0.25) is 0 Å². The van der Waals surface area contributed by atoms with E-state index in [1.165, 1.54) is 0 Å². The maximum absolute atomic E-state index is 12.2. The van der Waals surface area contributed by atoms with Crippen molar-refractivity contribution in [1.82, 2.24) is 0 Å². The van der Waals surface area contributed by atoms with E-state index in [9.17, 15) is 9.59 Å². The van der Waals surface area contributed by atoms with Crippen molar-refractivity contribution in [2.45, 2.75) is 27.2 Å². The van der Waals surface area contributed by atoms with Crippen molar-refractivity contribution in [3.63, 3.8) is 0 Å². The first-order valence-electron chi connectivity index (χ1n) is 8.15. The zero-order chi connectivity index (χ0) is 17.3. The summed E-state index contributed by atoms with van der Waals surface area (Å²) >= 11 is 0. The third-order valence-corrected chi connectivity index (χ3v) is 4.37. The van der Waals surface area contributed by atoms with Gasteiger partial charge in [-0.2, -0.15) is 0 Å². The molecule has 0 radical (unpaired) electrons. The molecule has 2 aromatic rings.